The van der Waals surface area contributed by atoms with Crippen LogP contribution >= 0.6 is 0 Å². The van der Waals surface area contributed by atoms with E-state index in [-0.39, 0.29) is 21.1 Å². The second kappa shape index (κ2) is 9.79. The molecule has 4 aromatic heterocycles. The summed E-state index contributed by atoms with van der Waals surface area (Å²) in [5.74, 6) is 0. The van der Waals surface area contributed by atoms with E-state index in [1.807, 2.05) is 74.5 Å². The zero-order valence-corrected chi connectivity index (χ0v) is 20.1. The van der Waals surface area contributed by atoms with E-state index in [9.17, 15) is 0 Å². The summed E-state index contributed by atoms with van der Waals surface area (Å²) in [5, 5.41) is 18.2. The molecular weight excluding hydrogens is 595 g/mol. The molecule has 0 amide bonds. The van der Waals surface area contributed by atoms with Gasteiger partial charge in [-0.3, -0.25) is 0 Å². The first-order valence-corrected chi connectivity index (χ1v) is 10.0. The molecule has 8 nitrogen and oxygen atoms in total. The van der Waals surface area contributed by atoms with Gasteiger partial charge in [-0.05, 0) is 26.0 Å². The normalized spacial score (nSPS) is 10.5. The quantitative estimate of drug-likeness (QED) is 0.290. The predicted octanol–water partition coefficient (Wildman–Crippen LogP) is 3.91. The molecule has 0 aliphatic rings. The number of para-hydroxylation sites is 2. The van der Waals surface area contributed by atoms with Crippen LogP contribution in [0.15, 0.2) is 73.3 Å². The van der Waals surface area contributed by atoms with Crippen LogP contribution in [0.4, 0.5) is 0 Å². The topological polar surface area (TPSA) is 106 Å². The summed E-state index contributed by atoms with van der Waals surface area (Å²) in [4.78, 5) is 17.0. The molecule has 0 aliphatic heterocycles. The molecular formula is C24H18N8Pt. The van der Waals surface area contributed by atoms with Crippen LogP contribution in [0.25, 0.3) is 44.6 Å². The molecule has 9 heteroatoms. The Morgan fingerprint density at radius 2 is 1.00 bits per heavy atom. The van der Waals surface area contributed by atoms with Gasteiger partial charge in [-0.25, -0.2) is 19.9 Å². The van der Waals surface area contributed by atoms with E-state index in [1.165, 1.54) is 0 Å². The van der Waals surface area contributed by atoms with Crippen LogP contribution in [0.3, 0.4) is 0 Å². The Morgan fingerprint density at radius 1 is 0.576 bits per heavy atom. The van der Waals surface area contributed by atoms with Crippen molar-refractivity contribution < 1.29 is 21.1 Å². The fourth-order valence-electron chi connectivity index (χ4n) is 3.43. The van der Waals surface area contributed by atoms with Gasteiger partial charge in [-0.1, -0.05) is 59.9 Å². The molecule has 164 valence electrons. The SMILES string of the molecule is Cc1cc(-c2ncnc3ccccc23)[n-]n1.Cc1cc(-c2ncnc3ccccc23)[n-]n1.[Pt+2]. The molecule has 0 atom stereocenters. The van der Waals surface area contributed by atoms with Gasteiger partial charge in [0.15, 0.2) is 0 Å². The molecule has 0 aliphatic carbocycles. The number of aryl methyl sites for hydroxylation is 2. The van der Waals surface area contributed by atoms with Crippen LogP contribution in [-0.4, -0.2) is 30.1 Å². The Morgan fingerprint density at radius 3 is 1.39 bits per heavy atom. The van der Waals surface area contributed by atoms with Gasteiger partial charge in [0.25, 0.3) is 0 Å². The summed E-state index contributed by atoms with van der Waals surface area (Å²) in [6, 6.07) is 19.6. The summed E-state index contributed by atoms with van der Waals surface area (Å²) >= 11 is 0. The maximum absolute atomic E-state index is 4.28. The van der Waals surface area contributed by atoms with Gasteiger partial charge >= 0.3 is 21.1 Å². The monoisotopic (exact) mass is 613 g/mol. The average Bonchev–Trinajstić information content (AvgIpc) is 3.47. The van der Waals surface area contributed by atoms with E-state index >= 15 is 0 Å². The molecule has 0 unspecified atom stereocenters. The minimum Gasteiger partial charge on any atom is -0.573 e. The fraction of sp³-hybridized carbons (Fsp3) is 0.0833. The van der Waals surface area contributed by atoms with Crippen molar-refractivity contribution in [3.63, 3.8) is 0 Å². The summed E-state index contributed by atoms with van der Waals surface area (Å²) in [5.41, 5.74) is 6.93. The van der Waals surface area contributed by atoms with Crippen LogP contribution in [0.1, 0.15) is 11.4 Å². The summed E-state index contributed by atoms with van der Waals surface area (Å²) < 4.78 is 0. The molecule has 0 N–H and O–H groups in total. The van der Waals surface area contributed by atoms with Gasteiger partial charge in [0.05, 0.1) is 22.4 Å². The van der Waals surface area contributed by atoms with Crippen molar-refractivity contribution in [3.8, 4) is 22.8 Å². The molecule has 0 spiro atoms. The first kappa shape index (κ1) is 22.4. The second-order valence-electron chi connectivity index (χ2n) is 7.22. The van der Waals surface area contributed by atoms with Gasteiger partial charge in [-0.15, -0.1) is 0 Å². The smallest absolute Gasteiger partial charge is 0.573 e. The maximum atomic E-state index is 4.28. The van der Waals surface area contributed by atoms with E-state index in [0.29, 0.717) is 0 Å². The summed E-state index contributed by atoms with van der Waals surface area (Å²) in [7, 11) is 0. The maximum Gasteiger partial charge on any atom is 2.00 e. The Kier molecular flexibility index (Phi) is 6.65. The van der Waals surface area contributed by atoms with E-state index < -0.39 is 0 Å². The third kappa shape index (κ3) is 4.71. The molecule has 0 fully saturated rings. The molecule has 0 radical (unpaired) electrons. The van der Waals surface area contributed by atoms with Gasteiger partial charge < -0.3 is 20.4 Å². The molecule has 6 aromatic rings. The van der Waals surface area contributed by atoms with E-state index in [4.69, 9.17) is 0 Å². The first-order chi connectivity index (χ1) is 15.7. The van der Waals surface area contributed by atoms with Gasteiger partial charge in [0, 0.05) is 22.2 Å². The fourth-order valence-corrected chi connectivity index (χ4v) is 3.43. The minimum absolute atomic E-state index is 0. The van der Waals surface area contributed by atoms with Gasteiger partial charge in [0.2, 0.25) is 0 Å². The number of hydrogen-bond donors (Lipinski definition) is 0. The van der Waals surface area contributed by atoms with Gasteiger partial charge in [-0.2, -0.15) is 0 Å². The van der Waals surface area contributed by atoms with Crippen LogP contribution in [-0.2, 0) is 21.1 Å². The number of rotatable bonds is 2. The molecule has 0 bridgehead atoms. The summed E-state index contributed by atoms with van der Waals surface area (Å²) in [6.45, 7) is 3.83. The van der Waals surface area contributed by atoms with Crippen molar-refractivity contribution in [3.05, 3.63) is 84.7 Å². The molecule has 6 rings (SSSR count). The zero-order chi connectivity index (χ0) is 21.9. The Bertz CT molecular complexity index is 1400. The van der Waals surface area contributed by atoms with E-state index in [1.54, 1.807) is 12.7 Å². The van der Waals surface area contributed by atoms with Crippen molar-refractivity contribution in [2.75, 3.05) is 0 Å². The first-order valence-electron chi connectivity index (χ1n) is 10.0. The van der Waals surface area contributed by atoms with Crippen molar-refractivity contribution in [2.45, 2.75) is 13.8 Å². The Balaban J connectivity index is 0.000000152. The molecule has 4 heterocycles. The number of fused-ring (bicyclic) bond motifs is 2. The third-order valence-corrected chi connectivity index (χ3v) is 4.89. The number of benzene rings is 2. The van der Waals surface area contributed by atoms with Gasteiger partial charge in [0.1, 0.15) is 12.7 Å². The Labute approximate surface area is 204 Å². The third-order valence-electron chi connectivity index (χ3n) is 4.89. The van der Waals surface area contributed by atoms with Crippen LogP contribution in [0, 0.1) is 13.8 Å². The number of nitrogens with zero attached hydrogens (tertiary/aromatic N) is 8. The molecule has 0 saturated carbocycles. The zero-order valence-electron chi connectivity index (χ0n) is 17.8. The standard InChI is InChI=1S/2C12H9N4.Pt/c2*1-8-6-11(16-15-8)12-9-4-2-3-5-10(9)13-7-14-12;/h2*2-7H,1H3;/q2*-1;+2. The largest absolute Gasteiger partial charge is 2.00 e. The van der Waals surface area contributed by atoms with Crippen molar-refractivity contribution >= 4 is 21.8 Å². The van der Waals surface area contributed by atoms with E-state index in [0.717, 1.165) is 56.0 Å². The van der Waals surface area contributed by atoms with Crippen LogP contribution in [0.5, 0.6) is 0 Å². The second-order valence-corrected chi connectivity index (χ2v) is 7.22. The van der Waals surface area contributed by atoms with Crippen molar-refractivity contribution in [1.82, 2.24) is 40.3 Å². The van der Waals surface area contributed by atoms with Crippen LogP contribution in [0.2, 0.25) is 0 Å². The van der Waals surface area contributed by atoms with Crippen molar-refractivity contribution in [1.29, 1.82) is 0 Å². The molecule has 0 saturated heterocycles. The average molecular weight is 614 g/mol. The number of hydrogen-bond acceptors (Lipinski definition) is 6. The summed E-state index contributed by atoms with van der Waals surface area (Å²) in [6.07, 6.45) is 3.11. The molecule has 2 aromatic carbocycles. The van der Waals surface area contributed by atoms with Crippen molar-refractivity contribution in [2.24, 2.45) is 0 Å². The predicted molar refractivity (Wildman–Crippen MR) is 122 cm³/mol. The Hall–Kier alpha value is -3.77. The van der Waals surface area contributed by atoms with Crippen LogP contribution < -0.4 is 10.2 Å². The minimum atomic E-state index is 0. The van der Waals surface area contributed by atoms with E-state index in [2.05, 4.69) is 40.3 Å². The number of aromatic nitrogens is 8. The molecule has 33 heavy (non-hydrogen) atoms.